The number of carbonyl (C=O) groups is 2. The summed E-state index contributed by atoms with van der Waals surface area (Å²) in [6.45, 7) is 3.62. The first-order chi connectivity index (χ1) is 15.0. The molecule has 1 aliphatic rings. The van der Waals surface area contributed by atoms with E-state index in [2.05, 4.69) is 5.32 Å². The number of sulfonamides is 1. The second kappa shape index (κ2) is 9.29. The second-order valence-electron chi connectivity index (χ2n) is 7.94. The standard InChI is InChI=1S/C21H28N4O6S/c1-14-18(20(27)25(23(14)3)17-8-6-5-7-9-17)22-19(26)15(2)31-21(28)16-10-12-24(13-11-16)32(4,29)30/h5-9,15-16H,10-13H2,1-4H3,(H,22,26). The molecule has 2 aromatic rings. The van der Waals surface area contributed by atoms with Crippen LogP contribution in [0.25, 0.3) is 5.69 Å². The van der Waals surface area contributed by atoms with E-state index in [4.69, 9.17) is 4.74 Å². The number of para-hydroxylation sites is 1. The molecular weight excluding hydrogens is 436 g/mol. The highest BCUT2D eigenvalue weighted by Gasteiger charge is 2.32. The van der Waals surface area contributed by atoms with Crippen LogP contribution in [0.15, 0.2) is 35.1 Å². The van der Waals surface area contributed by atoms with Crippen LogP contribution in [0.1, 0.15) is 25.5 Å². The largest absolute Gasteiger partial charge is 0.452 e. The first-order valence-corrected chi connectivity index (χ1v) is 12.2. The lowest BCUT2D eigenvalue weighted by molar-refractivity contribution is -0.158. The second-order valence-corrected chi connectivity index (χ2v) is 9.92. The lowest BCUT2D eigenvalue weighted by atomic mass is 9.98. The summed E-state index contributed by atoms with van der Waals surface area (Å²) in [4.78, 5) is 38.0. The van der Waals surface area contributed by atoms with E-state index in [-0.39, 0.29) is 18.8 Å². The average molecular weight is 465 g/mol. The third-order valence-electron chi connectivity index (χ3n) is 5.72. The summed E-state index contributed by atoms with van der Waals surface area (Å²) in [6, 6.07) is 9.03. The Balaban J connectivity index is 1.65. The van der Waals surface area contributed by atoms with Crippen molar-refractivity contribution in [3.8, 4) is 5.69 Å². The summed E-state index contributed by atoms with van der Waals surface area (Å²) in [5.74, 6) is -1.64. The zero-order valence-electron chi connectivity index (χ0n) is 18.6. The maximum Gasteiger partial charge on any atom is 0.309 e. The Kier molecular flexibility index (Phi) is 6.89. The van der Waals surface area contributed by atoms with Gasteiger partial charge in [0.15, 0.2) is 6.10 Å². The topological polar surface area (TPSA) is 120 Å². The molecule has 1 aromatic heterocycles. The molecule has 0 spiro atoms. The van der Waals surface area contributed by atoms with Crippen LogP contribution >= 0.6 is 0 Å². The van der Waals surface area contributed by atoms with Crippen LogP contribution in [0.5, 0.6) is 0 Å². The van der Waals surface area contributed by atoms with E-state index in [1.165, 1.54) is 15.9 Å². The molecule has 1 N–H and O–H groups in total. The molecule has 2 heterocycles. The number of esters is 1. The normalized spacial score (nSPS) is 16.5. The van der Waals surface area contributed by atoms with Gasteiger partial charge in [-0.15, -0.1) is 0 Å². The molecule has 0 saturated carbocycles. The molecule has 1 saturated heterocycles. The van der Waals surface area contributed by atoms with Crippen molar-refractivity contribution in [3.63, 3.8) is 0 Å². The lowest BCUT2D eigenvalue weighted by Crippen LogP contribution is -2.41. The van der Waals surface area contributed by atoms with Gasteiger partial charge >= 0.3 is 5.97 Å². The van der Waals surface area contributed by atoms with Crippen molar-refractivity contribution in [2.75, 3.05) is 24.7 Å². The van der Waals surface area contributed by atoms with Crippen LogP contribution in [0, 0.1) is 12.8 Å². The minimum atomic E-state index is -3.29. The third kappa shape index (κ3) is 4.94. The SMILES string of the molecule is Cc1c(NC(=O)C(C)OC(=O)C2CCN(S(C)(=O)=O)CC2)c(=O)n(-c2ccccc2)n1C. The number of amides is 1. The third-order valence-corrected chi connectivity index (χ3v) is 7.02. The van der Waals surface area contributed by atoms with Crippen molar-refractivity contribution in [3.05, 3.63) is 46.4 Å². The molecule has 1 aliphatic heterocycles. The Morgan fingerprint density at radius 3 is 2.31 bits per heavy atom. The Hall–Kier alpha value is -2.92. The first kappa shape index (κ1) is 23.7. The van der Waals surface area contributed by atoms with Gasteiger partial charge in [-0.25, -0.2) is 17.4 Å². The average Bonchev–Trinajstić information content (AvgIpc) is 2.96. The molecule has 32 heavy (non-hydrogen) atoms. The van der Waals surface area contributed by atoms with E-state index in [1.54, 1.807) is 30.8 Å². The van der Waals surface area contributed by atoms with Crippen LogP contribution in [0.4, 0.5) is 5.69 Å². The number of hydrogen-bond acceptors (Lipinski definition) is 6. The predicted octanol–water partition coefficient (Wildman–Crippen LogP) is 1.03. The molecule has 1 unspecified atom stereocenters. The van der Waals surface area contributed by atoms with Crippen LogP contribution in [0.2, 0.25) is 0 Å². The molecule has 1 amide bonds. The predicted molar refractivity (Wildman–Crippen MR) is 119 cm³/mol. The number of aromatic nitrogens is 2. The monoisotopic (exact) mass is 464 g/mol. The summed E-state index contributed by atoms with van der Waals surface area (Å²) in [6.07, 6.45) is 0.689. The molecule has 0 aliphatic carbocycles. The maximum absolute atomic E-state index is 12.9. The fourth-order valence-electron chi connectivity index (χ4n) is 3.68. The van der Waals surface area contributed by atoms with Crippen molar-refractivity contribution in [2.45, 2.75) is 32.8 Å². The number of carbonyl (C=O) groups excluding carboxylic acids is 2. The Morgan fingerprint density at radius 2 is 1.75 bits per heavy atom. The lowest BCUT2D eigenvalue weighted by Gasteiger charge is -2.29. The summed E-state index contributed by atoms with van der Waals surface area (Å²) >= 11 is 0. The summed E-state index contributed by atoms with van der Waals surface area (Å²) in [7, 11) is -1.58. The number of anilines is 1. The number of rotatable bonds is 6. The Labute approximate surface area is 186 Å². The van der Waals surface area contributed by atoms with Crippen LogP contribution < -0.4 is 10.9 Å². The Bertz CT molecular complexity index is 1160. The van der Waals surface area contributed by atoms with Crippen LogP contribution in [-0.4, -0.2) is 59.4 Å². The molecule has 0 bridgehead atoms. The molecule has 0 radical (unpaired) electrons. The highest BCUT2D eigenvalue weighted by molar-refractivity contribution is 7.88. The molecule has 1 atom stereocenters. The molecule has 10 nitrogen and oxygen atoms in total. The minimum Gasteiger partial charge on any atom is -0.452 e. The van der Waals surface area contributed by atoms with Crippen LogP contribution in [0.3, 0.4) is 0 Å². The van der Waals surface area contributed by atoms with Gasteiger partial charge in [-0.3, -0.25) is 19.1 Å². The van der Waals surface area contributed by atoms with E-state index < -0.39 is 39.5 Å². The highest BCUT2D eigenvalue weighted by atomic mass is 32.2. The van der Waals surface area contributed by atoms with E-state index in [1.807, 2.05) is 18.2 Å². The molecule has 3 rings (SSSR count). The van der Waals surface area contributed by atoms with Gasteiger partial charge in [-0.1, -0.05) is 18.2 Å². The van der Waals surface area contributed by atoms with Gasteiger partial charge in [-0.05, 0) is 38.8 Å². The molecule has 1 aromatic carbocycles. The number of ether oxygens (including phenoxy) is 1. The summed E-state index contributed by atoms with van der Waals surface area (Å²) < 4.78 is 32.9. The number of benzene rings is 1. The first-order valence-electron chi connectivity index (χ1n) is 10.3. The van der Waals surface area contributed by atoms with Gasteiger partial charge in [-0.2, -0.15) is 0 Å². The van der Waals surface area contributed by atoms with E-state index in [9.17, 15) is 22.8 Å². The van der Waals surface area contributed by atoms with E-state index >= 15 is 0 Å². The van der Waals surface area contributed by atoms with Crippen molar-refractivity contribution < 1.29 is 22.7 Å². The maximum atomic E-state index is 12.9. The fraction of sp³-hybridized carbons (Fsp3) is 0.476. The molecule has 1 fully saturated rings. The molecular formula is C21H28N4O6S. The van der Waals surface area contributed by atoms with Gasteiger partial charge in [0.2, 0.25) is 10.0 Å². The van der Waals surface area contributed by atoms with Crippen molar-refractivity contribution in [2.24, 2.45) is 13.0 Å². The molecule has 11 heteroatoms. The smallest absolute Gasteiger partial charge is 0.309 e. The number of nitrogens with one attached hydrogen (secondary N) is 1. The van der Waals surface area contributed by atoms with Crippen molar-refractivity contribution in [1.29, 1.82) is 0 Å². The van der Waals surface area contributed by atoms with Gasteiger partial charge in [0.25, 0.3) is 11.5 Å². The van der Waals surface area contributed by atoms with Gasteiger partial charge in [0.05, 0.1) is 23.6 Å². The van der Waals surface area contributed by atoms with Crippen molar-refractivity contribution >= 4 is 27.6 Å². The minimum absolute atomic E-state index is 0.116. The van der Waals surface area contributed by atoms with E-state index in [0.717, 1.165) is 6.26 Å². The van der Waals surface area contributed by atoms with E-state index in [0.29, 0.717) is 24.2 Å². The number of nitrogens with zero attached hydrogens (tertiary/aromatic N) is 3. The zero-order chi connectivity index (χ0) is 23.6. The van der Waals surface area contributed by atoms with Crippen molar-refractivity contribution in [1.82, 2.24) is 13.7 Å². The fourth-order valence-corrected chi connectivity index (χ4v) is 4.56. The zero-order valence-corrected chi connectivity index (χ0v) is 19.4. The number of piperidine rings is 1. The van der Waals surface area contributed by atoms with Crippen LogP contribution in [-0.2, 0) is 31.4 Å². The Morgan fingerprint density at radius 1 is 1.16 bits per heavy atom. The summed E-state index contributed by atoms with van der Waals surface area (Å²) in [5.41, 5.74) is 0.935. The molecule has 174 valence electrons. The quantitative estimate of drug-likeness (QED) is 0.638. The van der Waals surface area contributed by atoms with Gasteiger partial charge in [0.1, 0.15) is 5.69 Å². The van der Waals surface area contributed by atoms with Gasteiger partial charge < -0.3 is 10.1 Å². The number of hydrogen-bond donors (Lipinski definition) is 1. The highest BCUT2D eigenvalue weighted by Crippen LogP contribution is 2.21. The summed E-state index contributed by atoms with van der Waals surface area (Å²) in [5, 5.41) is 2.59. The van der Waals surface area contributed by atoms with Gasteiger partial charge in [0, 0.05) is 20.1 Å².